The Morgan fingerprint density at radius 1 is 1.11 bits per heavy atom. The highest BCUT2D eigenvalue weighted by Gasteiger charge is 2.34. The third-order valence-corrected chi connectivity index (χ3v) is 7.48. The molecule has 3 heterocycles. The summed E-state index contributed by atoms with van der Waals surface area (Å²) in [6, 6.07) is 13.6. The van der Waals surface area contributed by atoms with Gasteiger partial charge in [0.2, 0.25) is 10.0 Å². The van der Waals surface area contributed by atoms with Gasteiger partial charge in [0, 0.05) is 29.4 Å². The van der Waals surface area contributed by atoms with Crippen LogP contribution in [0.15, 0.2) is 82.0 Å². The quantitative estimate of drug-likeness (QED) is 0.471. The van der Waals surface area contributed by atoms with Gasteiger partial charge in [0.1, 0.15) is 5.60 Å². The number of hydrogen-bond donors (Lipinski definition) is 2. The van der Waals surface area contributed by atoms with E-state index in [2.05, 4.69) is 9.82 Å². The zero-order chi connectivity index (χ0) is 19.6. The average Bonchev–Trinajstić information content (AvgIpc) is 3.49. The first kappa shape index (κ1) is 19.0. The highest BCUT2D eigenvalue weighted by atomic mass is 32.2. The predicted molar refractivity (Wildman–Crippen MR) is 110 cm³/mol. The summed E-state index contributed by atoms with van der Waals surface area (Å²) in [6.45, 7) is -0.159. The van der Waals surface area contributed by atoms with Crippen LogP contribution in [-0.2, 0) is 15.6 Å². The Kier molecular flexibility index (Phi) is 5.17. The molecule has 3 aromatic heterocycles. The molecule has 0 saturated carbocycles. The Labute approximate surface area is 170 Å². The predicted octanol–water partition coefficient (Wildman–Crippen LogP) is 3.21. The van der Waals surface area contributed by atoms with Gasteiger partial charge in [-0.25, -0.2) is 17.8 Å². The number of rotatable bonds is 7. The van der Waals surface area contributed by atoms with E-state index in [-0.39, 0.29) is 11.4 Å². The molecule has 2 N–H and O–H groups in total. The normalized spacial score (nSPS) is 14.0. The maximum absolute atomic E-state index is 12.8. The molecule has 1 unspecified atom stereocenters. The van der Waals surface area contributed by atoms with Crippen LogP contribution in [0.4, 0.5) is 0 Å². The maximum atomic E-state index is 12.8. The molecular formula is C19H17N3O3S3. The summed E-state index contributed by atoms with van der Waals surface area (Å²) in [6.07, 6.45) is 3.44. The fourth-order valence-corrected chi connectivity index (χ4v) is 5.46. The Morgan fingerprint density at radius 2 is 1.93 bits per heavy atom. The minimum Gasteiger partial charge on any atom is -0.378 e. The summed E-state index contributed by atoms with van der Waals surface area (Å²) in [5, 5.41) is 21.0. The van der Waals surface area contributed by atoms with E-state index in [0.717, 1.165) is 5.69 Å². The van der Waals surface area contributed by atoms with Gasteiger partial charge in [-0.15, -0.1) is 11.3 Å². The Morgan fingerprint density at radius 3 is 2.54 bits per heavy atom. The van der Waals surface area contributed by atoms with Crippen LogP contribution < -0.4 is 4.72 Å². The van der Waals surface area contributed by atoms with Crippen molar-refractivity contribution in [2.45, 2.75) is 10.5 Å². The number of hydrogen-bond acceptors (Lipinski definition) is 6. The SMILES string of the molecule is O=S(=O)(NCC(O)(c1ccsc1)c1cccs1)c1ccc(-n2cccn2)cc1. The second-order valence-corrected chi connectivity index (χ2v) is 9.61. The zero-order valence-electron chi connectivity index (χ0n) is 14.6. The average molecular weight is 432 g/mol. The molecular weight excluding hydrogens is 414 g/mol. The fourth-order valence-electron chi connectivity index (χ4n) is 2.83. The van der Waals surface area contributed by atoms with E-state index in [1.54, 1.807) is 47.4 Å². The van der Waals surface area contributed by atoms with Gasteiger partial charge in [0.15, 0.2) is 0 Å². The molecule has 4 aromatic rings. The van der Waals surface area contributed by atoms with E-state index in [0.29, 0.717) is 10.4 Å². The molecule has 0 aliphatic rings. The largest absolute Gasteiger partial charge is 0.378 e. The lowest BCUT2D eigenvalue weighted by Crippen LogP contribution is -2.40. The number of nitrogens with zero attached hydrogens (tertiary/aromatic N) is 2. The van der Waals surface area contributed by atoms with Crippen LogP contribution in [-0.4, -0.2) is 29.8 Å². The summed E-state index contributed by atoms with van der Waals surface area (Å²) in [7, 11) is -3.79. The van der Waals surface area contributed by atoms with E-state index in [4.69, 9.17) is 0 Å². The molecule has 6 nitrogen and oxygen atoms in total. The minimum atomic E-state index is -3.79. The van der Waals surface area contributed by atoms with Crippen molar-refractivity contribution in [1.82, 2.24) is 14.5 Å². The highest BCUT2D eigenvalue weighted by molar-refractivity contribution is 7.89. The molecule has 28 heavy (non-hydrogen) atoms. The van der Waals surface area contributed by atoms with Crippen molar-refractivity contribution in [3.63, 3.8) is 0 Å². The number of nitrogens with one attached hydrogen (secondary N) is 1. The van der Waals surface area contributed by atoms with Gasteiger partial charge in [0.25, 0.3) is 0 Å². The first-order chi connectivity index (χ1) is 13.5. The number of aromatic nitrogens is 2. The molecule has 0 saturated heterocycles. The van der Waals surface area contributed by atoms with Gasteiger partial charge >= 0.3 is 0 Å². The molecule has 4 rings (SSSR count). The molecule has 0 radical (unpaired) electrons. The summed E-state index contributed by atoms with van der Waals surface area (Å²) in [4.78, 5) is 0.810. The molecule has 0 bridgehead atoms. The molecule has 0 fully saturated rings. The first-order valence-electron chi connectivity index (χ1n) is 8.38. The summed E-state index contributed by atoms with van der Waals surface area (Å²) >= 11 is 2.84. The van der Waals surface area contributed by atoms with Crippen molar-refractivity contribution in [2.24, 2.45) is 0 Å². The van der Waals surface area contributed by atoms with E-state index in [1.807, 2.05) is 22.2 Å². The van der Waals surface area contributed by atoms with Crippen LogP contribution >= 0.6 is 22.7 Å². The maximum Gasteiger partial charge on any atom is 0.240 e. The van der Waals surface area contributed by atoms with Crippen LogP contribution in [0.25, 0.3) is 5.69 Å². The Hall–Kier alpha value is -2.30. The molecule has 1 atom stereocenters. The number of sulfonamides is 1. The Bertz CT molecular complexity index is 1080. The van der Waals surface area contributed by atoms with Gasteiger partial charge in [-0.3, -0.25) is 0 Å². The molecule has 1 aromatic carbocycles. The van der Waals surface area contributed by atoms with Crippen molar-refractivity contribution in [3.8, 4) is 5.69 Å². The second kappa shape index (κ2) is 7.61. The van der Waals surface area contributed by atoms with Crippen molar-refractivity contribution < 1.29 is 13.5 Å². The standard InChI is InChI=1S/C19H17N3O3S3/c23-19(15-8-12-26-13-15,18-3-1-11-27-18)14-21-28(24,25)17-6-4-16(5-7-17)22-10-2-9-20-22/h1-13,21,23H,14H2. The van der Waals surface area contributed by atoms with Crippen molar-refractivity contribution in [2.75, 3.05) is 6.54 Å². The molecule has 0 amide bonds. The Balaban J connectivity index is 1.57. The van der Waals surface area contributed by atoms with E-state index < -0.39 is 15.6 Å². The van der Waals surface area contributed by atoms with Crippen LogP contribution in [0.3, 0.4) is 0 Å². The van der Waals surface area contributed by atoms with Gasteiger partial charge in [0.05, 0.1) is 10.6 Å². The third kappa shape index (κ3) is 3.67. The van der Waals surface area contributed by atoms with Crippen LogP contribution in [0, 0.1) is 0 Å². The van der Waals surface area contributed by atoms with Crippen LogP contribution in [0.1, 0.15) is 10.4 Å². The molecule has 0 aliphatic carbocycles. The monoisotopic (exact) mass is 431 g/mol. The number of benzene rings is 1. The van der Waals surface area contributed by atoms with Gasteiger partial charge in [-0.1, -0.05) is 6.07 Å². The van der Waals surface area contributed by atoms with Gasteiger partial charge in [-0.2, -0.15) is 16.4 Å². The molecule has 0 aliphatic heterocycles. The number of aliphatic hydroxyl groups is 1. The zero-order valence-corrected chi connectivity index (χ0v) is 17.0. The number of thiophene rings is 2. The lowest BCUT2D eigenvalue weighted by Gasteiger charge is -2.27. The smallest absolute Gasteiger partial charge is 0.240 e. The molecule has 9 heteroatoms. The van der Waals surface area contributed by atoms with Crippen LogP contribution in [0.2, 0.25) is 0 Å². The molecule has 0 spiro atoms. The highest BCUT2D eigenvalue weighted by Crippen LogP contribution is 2.34. The van der Waals surface area contributed by atoms with E-state index >= 15 is 0 Å². The van der Waals surface area contributed by atoms with E-state index in [9.17, 15) is 13.5 Å². The first-order valence-corrected chi connectivity index (χ1v) is 11.7. The fraction of sp³-hybridized carbons (Fsp3) is 0.105. The molecule has 144 valence electrons. The van der Waals surface area contributed by atoms with Gasteiger partial charge in [-0.05, 0) is 58.6 Å². The van der Waals surface area contributed by atoms with Crippen molar-refractivity contribution >= 4 is 32.7 Å². The summed E-state index contributed by atoms with van der Waals surface area (Å²) in [5.74, 6) is 0. The van der Waals surface area contributed by atoms with Gasteiger partial charge < -0.3 is 5.11 Å². The topological polar surface area (TPSA) is 84.2 Å². The lowest BCUT2D eigenvalue weighted by molar-refractivity contribution is 0.0903. The summed E-state index contributed by atoms with van der Waals surface area (Å²) in [5.41, 5.74) is 0.00460. The van der Waals surface area contributed by atoms with Crippen molar-refractivity contribution in [1.29, 1.82) is 0 Å². The minimum absolute atomic E-state index is 0.127. The lowest BCUT2D eigenvalue weighted by atomic mass is 9.95. The van der Waals surface area contributed by atoms with Crippen LogP contribution in [0.5, 0.6) is 0 Å². The van der Waals surface area contributed by atoms with Crippen molar-refractivity contribution in [3.05, 3.63) is 87.5 Å². The summed E-state index contributed by atoms with van der Waals surface area (Å²) < 4.78 is 29.8. The second-order valence-electron chi connectivity index (χ2n) is 6.12. The third-order valence-electron chi connectivity index (χ3n) is 4.36. The van der Waals surface area contributed by atoms with E-state index in [1.165, 1.54) is 34.8 Å².